The summed E-state index contributed by atoms with van der Waals surface area (Å²) in [5.41, 5.74) is 6.36. The maximum absolute atomic E-state index is 5.98. The topological polar surface area (TPSA) is 29.3 Å². The fraction of sp³-hybridized carbons (Fsp3) is 0.857. The van der Waals surface area contributed by atoms with E-state index in [0.717, 1.165) is 25.6 Å². The second-order valence-corrected chi connectivity index (χ2v) is 5.73. The average Bonchev–Trinajstić information content (AvgIpc) is 2.96. The average molecular weight is 220 g/mol. The van der Waals surface area contributed by atoms with Gasteiger partial charge in [-0.15, -0.1) is 6.42 Å². The Kier molecular flexibility index (Phi) is 3.89. The third-order valence-corrected chi connectivity index (χ3v) is 4.18. The predicted octanol–water partition coefficient (Wildman–Crippen LogP) is 1.85. The van der Waals surface area contributed by atoms with Crippen LogP contribution in [0.15, 0.2) is 0 Å². The summed E-state index contributed by atoms with van der Waals surface area (Å²) in [6, 6.07) is 0. The minimum absolute atomic E-state index is 0.381. The highest BCUT2D eigenvalue weighted by Crippen LogP contribution is 2.39. The van der Waals surface area contributed by atoms with E-state index in [1.807, 2.05) is 0 Å². The number of nitrogens with zero attached hydrogens (tertiary/aromatic N) is 1. The van der Waals surface area contributed by atoms with Crippen LogP contribution in [0, 0.1) is 23.7 Å². The van der Waals surface area contributed by atoms with Gasteiger partial charge in [0.1, 0.15) is 0 Å². The fourth-order valence-electron chi connectivity index (χ4n) is 3.01. The molecule has 2 nitrogen and oxygen atoms in total. The lowest BCUT2D eigenvalue weighted by Gasteiger charge is -2.33. The molecule has 2 rings (SSSR count). The van der Waals surface area contributed by atoms with Crippen molar-refractivity contribution in [1.29, 1.82) is 0 Å². The highest BCUT2D eigenvalue weighted by molar-refractivity contribution is 4.95. The second kappa shape index (κ2) is 5.21. The van der Waals surface area contributed by atoms with E-state index in [0.29, 0.717) is 5.41 Å². The van der Waals surface area contributed by atoms with E-state index in [9.17, 15) is 0 Å². The molecular formula is C14H24N2. The van der Waals surface area contributed by atoms with E-state index in [4.69, 9.17) is 12.2 Å². The Morgan fingerprint density at radius 2 is 2.00 bits per heavy atom. The van der Waals surface area contributed by atoms with E-state index in [-0.39, 0.29) is 0 Å². The Balaban J connectivity index is 1.89. The quantitative estimate of drug-likeness (QED) is 0.692. The summed E-state index contributed by atoms with van der Waals surface area (Å²) in [5, 5.41) is 0. The lowest BCUT2D eigenvalue weighted by atomic mass is 9.85. The first kappa shape index (κ1) is 12.0. The number of terminal acetylenes is 1. The second-order valence-electron chi connectivity index (χ2n) is 5.73. The molecule has 0 saturated heterocycles. The van der Waals surface area contributed by atoms with Gasteiger partial charge in [0, 0.05) is 13.1 Å². The molecule has 2 aliphatic carbocycles. The first-order chi connectivity index (χ1) is 7.78. The molecule has 0 aromatic rings. The van der Waals surface area contributed by atoms with Gasteiger partial charge in [0.2, 0.25) is 0 Å². The van der Waals surface area contributed by atoms with Gasteiger partial charge in [0.05, 0.1) is 6.54 Å². The molecule has 0 amide bonds. The highest BCUT2D eigenvalue weighted by Gasteiger charge is 2.35. The van der Waals surface area contributed by atoms with Gasteiger partial charge in [0.25, 0.3) is 0 Å². The fourth-order valence-corrected chi connectivity index (χ4v) is 3.01. The van der Waals surface area contributed by atoms with Crippen LogP contribution in [-0.2, 0) is 0 Å². The van der Waals surface area contributed by atoms with E-state index in [1.54, 1.807) is 0 Å². The largest absolute Gasteiger partial charge is 0.330 e. The molecule has 0 bridgehead atoms. The van der Waals surface area contributed by atoms with Gasteiger partial charge in [-0.2, -0.15) is 0 Å². The molecule has 90 valence electrons. The van der Waals surface area contributed by atoms with Crippen molar-refractivity contribution in [3.8, 4) is 12.3 Å². The number of hydrogen-bond acceptors (Lipinski definition) is 2. The normalized spacial score (nSPS) is 23.6. The Labute approximate surface area is 99.6 Å². The van der Waals surface area contributed by atoms with Crippen LogP contribution in [0.25, 0.3) is 0 Å². The van der Waals surface area contributed by atoms with E-state index in [2.05, 4.69) is 10.8 Å². The molecular weight excluding hydrogens is 196 g/mol. The summed E-state index contributed by atoms with van der Waals surface area (Å²) < 4.78 is 0. The van der Waals surface area contributed by atoms with Crippen molar-refractivity contribution in [3.63, 3.8) is 0 Å². The van der Waals surface area contributed by atoms with Gasteiger partial charge < -0.3 is 5.73 Å². The van der Waals surface area contributed by atoms with Crippen LogP contribution in [0.2, 0.25) is 0 Å². The summed E-state index contributed by atoms with van der Waals surface area (Å²) in [4.78, 5) is 2.47. The molecule has 0 aromatic carbocycles. The minimum Gasteiger partial charge on any atom is -0.330 e. The molecule has 2 N–H and O–H groups in total. The molecule has 16 heavy (non-hydrogen) atoms. The van der Waals surface area contributed by atoms with Crippen molar-refractivity contribution < 1.29 is 0 Å². The molecule has 0 heterocycles. The summed E-state index contributed by atoms with van der Waals surface area (Å²) >= 11 is 0. The maximum atomic E-state index is 5.98. The van der Waals surface area contributed by atoms with Crippen molar-refractivity contribution in [2.75, 3.05) is 26.2 Å². The number of rotatable bonds is 6. The summed E-state index contributed by atoms with van der Waals surface area (Å²) in [7, 11) is 0. The Bertz CT molecular complexity index is 256. The van der Waals surface area contributed by atoms with Crippen molar-refractivity contribution >= 4 is 0 Å². The minimum atomic E-state index is 0.381. The van der Waals surface area contributed by atoms with Crippen LogP contribution in [0.4, 0.5) is 0 Å². The zero-order valence-electron chi connectivity index (χ0n) is 10.3. The van der Waals surface area contributed by atoms with Crippen LogP contribution < -0.4 is 5.73 Å². The van der Waals surface area contributed by atoms with Gasteiger partial charge >= 0.3 is 0 Å². The Morgan fingerprint density at radius 3 is 2.50 bits per heavy atom. The molecule has 0 atom stereocenters. The first-order valence-corrected chi connectivity index (χ1v) is 6.64. The van der Waals surface area contributed by atoms with Crippen LogP contribution in [0.5, 0.6) is 0 Å². The third-order valence-electron chi connectivity index (χ3n) is 4.18. The van der Waals surface area contributed by atoms with Gasteiger partial charge in [-0.25, -0.2) is 0 Å². The molecule has 0 radical (unpaired) electrons. The lowest BCUT2D eigenvalue weighted by Crippen LogP contribution is -2.42. The van der Waals surface area contributed by atoms with Crippen LogP contribution >= 0.6 is 0 Å². The monoisotopic (exact) mass is 220 g/mol. The molecule has 0 aromatic heterocycles. The third kappa shape index (κ3) is 2.99. The molecule has 2 saturated carbocycles. The maximum Gasteiger partial charge on any atom is 0.0599 e. The van der Waals surface area contributed by atoms with Crippen LogP contribution in [0.1, 0.15) is 38.5 Å². The standard InChI is InChI=1S/C14H24N2/c1-2-9-16(10-13-5-6-13)12-14(11-15)7-3-4-8-14/h1,13H,3-12,15H2. The molecule has 0 aliphatic heterocycles. The van der Waals surface area contributed by atoms with Crippen molar-refractivity contribution in [3.05, 3.63) is 0 Å². The summed E-state index contributed by atoms with van der Waals surface area (Å²) in [6.07, 6.45) is 13.6. The zero-order chi connectivity index (χ0) is 11.4. The van der Waals surface area contributed by atoms with Crippen molar-refractivity contribution in [1.82, 2.24) is 4.90 Å². The smallest absolute Gasteiger partial charge is 0.0599 e. The SMILES string of the molecule is C#CCN(CC1CC1)CC1(CN)CCCC1. The zero-order valence-corrected chi connectivity index (χ0v) is 10.3. The Morgan fingerprint density at radius 1 is 1.31 bits per heavy atom. The predicted molar refractivity (Wildman–Crippen MR) is 68.0 cm³/mol. The highest BCUT2D eigenvalue weighted by atomic mass is 15.1. The molecule has 2 aliphatic rings. The molecule has 2 heteroatoms. The van der Waals surface area contributed by atoms with E-state index < -0.39 is 0 Å². The van der Waals surface area contributed by atoms with Gasteiger partial charge in [-0.05, 0) is 43.6 Å². The van der Waals surface area contributed by atoms with Crippen LogP contribution in [0.3, 0.4) is 0 Å². The molecule has 2 fully saturated rings. The first-order valence-electron chi connectivity index (χ1n) is 6.64. The van der Waals surface area contributed by atoms with Crippen LogP contribution in [-0.4, -0.2) is 31.1 Å². The summed E-state index contributed by atoms with van der Waals surface area (Å²) in [6.45, 7) is 3.97. The number of nitrogens with two attached hydrogens (primary N) is 1. The molecule has 0 spiro atoms. The van der Waals surface area contributed by atoms with Crippen molar-refractivity contribution in [2.45, 2.75) is 38.5 Å². The summed E-state index contributed by atoms with van der Waals surface area (Å²) in [5.74, 6) is 3.72. The van der Waals surface area contributed by atoms with E-state index in [1.165, 1.54) is 45.1 Å². The van der Waals surface area contributed by atoms with Gasteiger partial charge in [0.15, 0.2) is 0 Å². The van der Waals surface area contributed by atoms with Crippen molar-refractivity contribution in [2.24, 2.45) is 17.1 Å². The Hall–Kier alpha value is -0.520. The number of hydrogen-bond donors (Lipinski definition) is 1. The lowest BCUT2D eigenvalue weighted by molar-refractivity contribution is 0.167. The molecule has 0 unspecified atom stereocenters. The van der Waals surface area contributed by atoms with Gasteiger partial charge in [-0.3, -0.25) is 4.90 Å². The van der Waals surface area contributed by atoms with Gasteiger partial charge in [-0.1, -0.05) is 18.8 Å². The van der Waals surface area contributed by atoms with E-state index >= 15 is 0 Å².